The molecule has 0 saturated carbocycles. The molecule has 3 atom stereocenters. The molecule has 0 aromatic heterocycles. The van der Waals surface area contributed by atoms with Gasteiger partial charge in [0.05, 0.1) is 12.0 Å². The van der Waals surface area contributed by atoms with Gasteiger partial charge in [0.25, 0.3) is 0 Å². The van der Waals surface area contributed by atoms with Gasteiger partial charge in [-0.1, -0.05) is 39.0 Å². The molecule has 0 radical (unpaired) electrons. The van der Waals surface area contributed by atoms with Gasteiger partial charge >= 0.3 is 0 Å². The first kappa shape index (κ1) is 13.5. The highest BCUT2D eigenvalue weighted by Gasteiger charge is 2.30. The Hall–Kier alpha value is -0.590. The summed E-state index contributed by atoms with van der Waals surface area (Å²) in [6, 6.07) is 2.77. The van der Waals surface area contributed by atoms with Crippen LogP contribution in [0, 0.1) is 17.2 Å². The minimum atomic E-state index is 0.0138. The second kappa shape index (κ2) is 7.65. The van der Waals surface area contributed by atoms with Crippen molar-refractivity contribution in [3.05, 3.63) is 0 Å². The average molecular weight is 223 g/mol. The molecule has 1 heterocycles. The van der Waals surface area contributed by atoms with E-state index in [1.165, 1.54) is 32.1 Å². The zero-order chi connectivity index (χ0) is 11.8. The molecule has 1 aliphatic heterocycles. The molecule has 3 nitrogen and oxygen atoms in total. The molecule has 0 aliphatic carbocycles. The maximum Gasteiger partial charge on any atom is 0.0767 e. The minimum absolute atomic E-state index is 0.0138. The third-order valence-electron chi connectivity index (χ3n) is 3.55. The Morgan fingerprint density at radius 1 is 1.31 bits per heavy atom. The van der Waals surface area contributed by atoms with Crippen LogP contribution in [0.5, 0.6) is 0 Å². The van der Waals surface area contributed by atoms with Gasteiger partial charge < -0.3 is 11.1 Å². The highest BCUT2D eigenvalue weighted by Crippen LogP contribution is 2.19. The van der Waals surface area contributed by atoms with Gasteiger partial charge in [0, 0.05) is 12.1 Å². The van der Waals surface area contributed by atoms with Crippen molar-refractivity contribution in [2.45, 2.75) is 64.0 Å². The van der Waals surface area contributed by atoms with Crippen LogP contribution in [0.4, 0.5) is 0 Å². The summed E-state index contributed by atoms with van der Waals surface area (Å²) in [4.78, 5) is 0. The molecule has 1 rings (SSSR count). The zero-order valence-electron chi connectivity index (χ0n) is 10.4. The molecular formula is C13H25N3. The summed E-state index contributed by atoms with van der Waals surface area (Å²) in [6.07, 6.45) is 8.50. The molecule has 0 aromatic rings. The van der Waals surface area contributed by atoms with E-state index >= 15 is 0 Å². The molecule has 0 amide bonds. The first-order valence-electron chi connectivity index (χ1n) is 6.68. The van der Waals surface area contributed by atoms with Crippen LogP contribution in [0.3, 0.4) is 0 Å². The number of nitriles is 1. The lowest BCUT2D eigenvalue weighted by molar-refractivity contribution is 0.278. The average Bonchev–Trinajstić information content (AvgIpc) is 2.29. The number of piperidine rings is 1. The van der Waals surface area contributed by atoms with Gasteiger partial charge in [0.2, 0.25) is 0 Å². The smallest absolute Gasteiger partial charge is 0.0767 e. The fourth-order valence-electron chi connectivity index (χ4n) is 2.48. The number of hydrogen-bond donors (Lipinski definition) is 2. The van der Waals surface area contributed by atoms with Crippen molar-refractivity contribution in [2.75, 3.05) is 6.54 Å². The molecule has 16 heavy (non-hydrogen) atoms. The lowest BCUT2D eigenvalue weighted by Crippen LogP contribution is -2.51. The molecule has 3 heteroatoms. The van der Waals surface area contributed by atoms with E-state index in [1.54, 1.807) is 0 Å². The molecular weight excluding hydrogens is 198 g/mol. The molecule has 1 saturated heterocycles. The monoisotopic (exact) mass is 223 g/mol. The van der Waals surface area contributed by atoms with Crippen molar-refractivity contribution in [1.29, 1.82) is 5.26 Å². The van der Waals surface area contributed by atoms with E-state index in [4.69, 9.17) is 11.0 Å². The highest BCUT2D eigenvalue weighted by molar-refractivity contribution is 5.01. The summed E-state index contributed by atoms with van der Waals surface area (Å²) in [5, 5.41) is 12.5. The zero-order valence-corrected chi connectivity index (χ0v) is 10.4. The maximum absolute atomic E-state index is 9.10. The van der Waals surface area contributed by atoms with Crippen LogP contribution in [-0.2, 0) is 0 Å². The molecule has 0 spiro atoms. The van der Waals surface area contributed by atoms with Crippen LogP contribution in [0.15, 0.2) is 0 Å². The summed E-state index contributed by atoms with van der Waals surface area (Å²) in [5.74, 6) is 0.0138. The first-order chi connectivity index (χ1) is 7.79. The quantitative estimate of drug-likeness (QED) is 0.678. The van der Waals surface area contributed by atoms with Gasteiger partial charge in [-0.25, -0.2) is 0 Å². The van der Waals surface area contributed by atoms with E-state index in [-0.39, 0.29) is 12.0 Å². The van der Waals surface area contributed by atoms with Gasteiger partial charge in [-0.3, -0.25) is 0 Å². The summed E-state index contributed by atoms with van der Waals surface area (Å²) in [5.41, 5.74) is 5.97. The molecule has 0 bridgehead atoms. The van der Waals surface area contributed by atoms with E-state index < -0.39 is 0 Å². The predicted octanol–water partition coefficient (Wildman–Crippen LogP) is 2.18. The summed E-state index contributed by atoms with van der Waals surface area (Å²) < 4.78 is 0. The number of rotatable bonds is 6. The molecule has 3 N–H and O–H groups in total. The minimum Gasteiger partial charge on any atom is -0.326 e. The van der Waals surface area contributed by atoms with Crippen molar-refractivity contribution >= 4 is 0 Å². The molecule has 1 aliphatic rings. The van der Waals surface area contributed by atoms with E-state index in [0.717, 1.165) is 19.4 Å². The normalized spacial score (nSPS) is 29.9. The number of unbranched alkanes of at least 4 members (excludes halogenated alkanes) is 4. The summed E-state index contributed by atoms with van der Waals surface area (Å²) in [7, 11) is 0. The highest BCUT2D eigenvalue weighted by atomic mass is 15.0. The van der Waals surface area contributed by atoms with Crippen molar-refractivity contribution in [2.24, 2.45) is 11.7 Å². The van der Waals surface area contributed by atoms with Crippen LogP contribution < -0.4 is 11.1 Å². The van der Waals surface area contributed by atoms with Crippen LogP contribution in [0.25, 0.3) is 0 Å². The molecule has 0 aromatic carbocycles. The number of nitrogens with two attached hydrogens (primary N) is 1. The van der Waals surface area contributed by atoms with Crippen molar-refractivity contribution in [3.8, 4) is 6.07 Å². The topological polar surface area (TPSA) is 61.8 Å². The van der Waals surface area contributed by atoms with Crippen LogP contribution in [-0.4, -0.2) is 18.6 Å². The SMILES string of the molecule is CCCCCCCC1NCCC(N)C1C#N. The Morgan fingerprint density at radius 3 is 2.75 bits per heavy atom. The van der Waals surface area contributed by atoms with E-state index in [1.807, 2.05) is 0 Å². The Balaban J connectivity index is 2.21. The predicted molar refractivity (Wildman–Crippen MR) is 66.9 cm³/mol. The van der Waals surface area contributed by atoms with Gasteiger partial charge in [-0.05, 0) is 19.4 Å². The van der Waals surface area contributed by atoms with Gasteiger partial charge in [-0.15, -0.1) is 0 Å². The summed E-state index contributed by atoms with van der Waals surface area (Å²) in [6.45, 7) is 3.20. The van der Waals surface area contributed by atoms with E-state index in [0.29, 0.717) is 6.04 Å². The van der Waals surface area contributed by atoms with E-state index in [2.05, 4.69) is 18.3 Å². The van der Waals surface area contributed by atoms with Crippen molar-refractivity contribution in [1.82, 2.24) is 5.32 Å². The second-order valence-electron chi connectivity index (χ2n) is 4.87. The number of nitrogens with one attached hydrogen (secondary N) is 1. The third kappa shape index (κ3) is 4.11. The summed E-state index contributed by atoms with van der Waals surface area (Å²) >= 11 is 0. The molecule has 3 unspecified atom stereocenters. The number of nitrogens with zero attached hydrogens (tertiary/aromatic N) is 1. The van der Waals surface area contributed by atoms with Gasteiger partial charge in [0.1, 0.15) is 0 Å². The fraction of sp³-hybridized carbons (Fsp3) is 0.923. The Bertz CT molecular complexity index is 222. The fourth-order valence-corrected chi connectivity index (χ4v) is 2.48. The van der Waals surface area contributed by atoms with E-state index in [9.17, 15) is 0 Å². The Kier molecular flexibility index (Phi) is 6.44. The first-order valence-corrected chi connectivity index (χ1v) is 6.68. The van der Waals surface area contributed by atoms with Gasteiger partial charge in [-0.2, -0.15) is 5.26 Å². The largest absolute Gasteiger partial charge is 0.326 e. The molecule has 1 fully saturated rings. The maximum atomic E-state index is 9.10. The molecule has 92 valence electrons. The second-order valence-corrected chi connectivity index (χ2v) is 4.87. The number of hydrogen-bond acceptors (Lipinski definition) is 3. The lowest BCUT2D eigenvalue weighted by atomic mass is 9.85. The lowest BCUT2D eigenvalue weighted by Gasteiger charge is -2.33. The van der Waals surface area contributed by atoms with Crippen molar-refractivity contribution < 1.29 is 0 Å². The Morgan fingerprint density at radius 2 is 2.06 bits per heavy atom. The van der Waals surface area contributed by atoms with Crippen molar-refractivity contribution in [3.63, 3.8) is 0 Å². The standard InChI is InChI=1S/C13H25N3/c1-2-3-4-5-6-7-13-11(10-14)12(15)8-9-16-13/h11-13,16H,2-9,15H2,1H3. The van der Waals surface area contributed by atoms with Crippen LogP contribution >= 0.6 is 0 Å². The Labute approximate surface area is 99.4 Å². The third-order valence-corrected chi connectivity index (χ3v) is 3.55. The van der Waals surface area contributed by atoms with Crippen LogP contribution in [0.1, 0.15) is 51.9 Å². The van der Waals surface area contributed by atoms with Crippen LogP contribution in [0.2, 0.25) is 0 Å². The van der Waals surface area contributed by atoms with Gasteiger partial charge in [0.15, 0.2) is 0 Å².